The summed E-state index contributed by atoms with van der Waals surface area (Å²) in [6, 6.07) is 13.2. The fourth-order valence-corrected chi connectivity index (χ4v) is 11.8. The predicted molar refractivity (Wildman–Crippen MR) is 341 cm³/mol. The maximum atomic E-state index is 14.1. The number of alkyl halides is 2. The number of fused-ring (bicyclic) bond motifs is 1. The molecule has 25 nitrogen and oxygen atoms in total. The third-order valence-corrected chi connectivity index (χ3v) is 16.9. The first kappa shape index (κ1) is 73.3. The van der Waals surface area contributed by atoms with Gasteiger partial charge in [-0.2, -0.15) is 0 Å². The first-order valence-electron chi connectivity index (χ1n) is 32.2. The first-order valence-corrected chi connectivity index (χ1v) is 32.2. The lowest BCUT2D eigenvalue weighted by Crippen LogP contribution is -2.52. The van der Waals surface area contributed by atoms with Crippen molar-refractivity contribution >= 4 is 70.5 Å². The third kappa shape index (κ3) is 26.5. The minimum atomic E-state index is -3.05. The zero-order valence-electron chi connectivity index (χ0n) is 53.3. The van der Waals surface area contributed by atoms with E-state index in [9.17, 15) is 67.3 Å². The van der Waals surface area contributed by atoms with Gasteiger partial charge in [0.1, 0.15) is 11.8 Å². The number of rotatable bonds is 34. The molecule has 27 heteroatoms. The largest absolute Gasteiger partial charge is 0.494 e. The van der Waals surface area contributed by atoms with Crippen molar-refractivity contribution in [1.82, 2.24) is 55.7 Å². The summed E-state index contributed by atoms with van der Waals surface area (Å²) in [6.45, 7) is 3.94. The van der Waals surface area contributed by atoms with Crippen LogP contribution in [0.25, 0.3) is 10.9 Å². The van der Waals surface area contributed by atoms with E-state index in [1.54, 1.807) is 37.8 Å². The number of carboxylic acids is 3. The molecule has 0 spiro atoms. The van der Waals surface area contributed by atoms with Crippen molar-refractivity contribution in [1.29, 1.82) is 0 Å². The molecule has 0 saturated carbocycles. The van der Waals surface area contributed by atoms with Crippen molar-refractivity contribution in [2.24, 2.45) is 10.9 Å². The Hall–Kier alpha value is -7.75. The lowest BCUT2D eigenvalue weighted by molar-refractivity contribution is -0.140. The number of piperidine rings is 1. The van der Waals surface area contributed by atoms with Gasteiger partial charge in [-0.05, 0) is 113 Å². The summed E-state index contributed by atoms with van der Waals surface area (Å²) in [6.07, 6.45) is 11.1. The average molecular weight is 1290 g/mol. The van der Waals surface area contributed by atoms with Crippen LogP contribution in [0.1, 0.15) is 111 Å². The van der Waals surface area contributed by atoms with Crippen LogP contribution in [0.3, 0.4) is 0 Å². The summed E-state index contributed by atoms with van der Waals surface area (Å²) < 4.78 is 34.4. The molecule has 6 amide bonds. The van der Waals surface area contributed by atoms with Gasteiger partial charge in [0.05, 0.1) is 63.0 Å². The van der Waals surface area contributed by atoms with E-state index >= 15 is 0 Å². The first-order chi connectivity index (χ1) is 44.1. The van der Waals surface area contributed by atoms with Gasteiger partial charge in [-0.25, -0.2) is 8.78 Å². The Balaban J connectivity index is 0.920. The number of aliphatic imine (C=N–C) groups is 1. The lowest BCUT2D eigenvalue weighted by Gasteiger charge is -2.33. The summed E-state index contributed by atoms with van der Waals surface area (Å²) in [7, 11) is 1.45. The minimum absolute atomic E-state index is 0.0668. The number of hydrogen-bond donors (Lipinski definition) is 7. The molecule has 3 aromatic rings. The molecule has 506 valence electrons. The molecule has 0 bridgehead atoms. The van der Waals surface area contributed by atoms with E-state index in [1.165, 1.54) is 31.1 Å². The molecule has 0 unspecified atom stereocenters. The number of carboxylic acid groups (broad SMARTS) is 3. The topological polar surface area (TPSA) is 316 Å². The van der Waals surface area contributed by atoms with Crippen LogP contribution < -0.4 is 26.0 Å². The molecule has 1 aromatic heterocycles. The van der Waals surface area contributed by atoms with Crippen molar-refractivity contribution in [3.8, 4) is 5.75 Å². The maximum Gasteiger partial charge on any atom is 0.317 e. The summed E-state index contributed by atoms with van der Waals surface area (Å²) in [4.78, 5) is 133. The van der Waals surface area contributed by atoms with Crippen molar-refractivity contribution in [2.45, 2.75) is 121 Å². The number of unbranched alkanes of at least 4 members (excludes halogenated alkanes) is 3. The maximum absolute atomic E-state index is 14.1. The molecule has 3 saturated heterocycles. The summed E-state index contributed by atoms with van der Waals surface area (Å²) >= 11 is 0. The van der Waals surface area contributed by atoms with Crippen LogP contribution in [0.2, 0.25) is 0 Å². The number of amides is 6. The second-order valence-electron chi connectivity index (χ2n) is 24.3. The Bertz CT molecular complexity index is 2920. The highest BCUT2D eigenvalue weighted by atomic mass is 19.3. The van der Waals surface area contributed by atoms with Gasteiger partial charge in [0.15, 0.2) is 0 Å². The molecule has 92 heavy (non-hydrogen) atoms. The van der Waals surface area contributed by atoms with Crippen molar-refractivity contribution in [2.75, 3.05) is 131 Å². The zero-order valence-corrected chi connectivity index (χ0v) is 53.3. The predicted octanol–water partition coefficient (Wildman–Crippen LogP) is 3.55. The minimum Gasteiger partial charge on any atom is -0.494 e. The number of aliphatic carboxylic acids is 3. The highest BCUT2D eigenvalue weighted by Gasteiger charge is 2.46. The number of aryl methyl sites for hydroxylation is 2. The van der Waals surface area contributed by atoms with E-state index in [4.69, 9.17) is 4.74 Å². The van der Waals surface area contributed by atoms with E-state index in [1.807, 2.05) is 24.0 Å². The lowest BCUT2D eigenvalue weighted by atomic mass is 9.92. The van der Waals surface area contributed by atoms with Gasteiger partial charge >= 0.3 is 17.9 Å². The average Bonchev–Trinajstić information content (AvgIpc) is 1.23. The number of nitrogens with zero attached hydrogens (tertiary/aromatic N) is 8. The highest BCUT2D eigenvalue weighted by Crippen LogP contribution is 2.32. The normalized spacial score (nSPS) is 17.8. The van der Waals surface area contributed by atoms with Crippen molar-refractivity contribution < 1.29 is 72.0 Å². The molecule has 4 heterocycles. The van der Waals surface area contributed by atoms with Gasteiger partial charge in [0.25, 0.3) is 11.8 Å². The van der Waals surface area contributed by atoms with Crippen LogP contribution >= 0.6 is 0 Å². The molecular formula is C65H94F2N12O13. The summed E-state index contributed by atoms with van der Waals surface area (Å²) in [5.74, 6) is -7.32. The van der Waals surface area contributed by atoms with Gasteiger partial charge in [-0.15, -0.1) is 0 Å². The molecular weight excluding hydrogens is 1190 g/mol. The van der Waals surface area contributed by atoms with E-state index in [2.05, 4.69) is 43.4 Å². The van der Waals surface area contributed by atoms with Crippen LogP contribution in [-0.2, 0) is 44.8 Å². The second-order valence-corrected chi connectivity index (χ2v) is 24.3. The van der Waals surface area contributed by atoms with Gasteiger partial charge in [0.2, 0.25) is 29.5 Å². The number of ether oxygens (including phenoxy) is 1. The number of halogens is 2. The number of carbonyl (C=O) groups excluding carboxylic acids is 6. The van der Waals surface area contributed by atoms with Crippen LogP contribution in [-0.4, -0.2) is 259 Å². The number of aromatic nitrogens is 1. The van der Waals surface area contributed by atoms with Gasteiger partial charge in [0, 0.05) is 123 Å². The number of hydrogen-bond acceptors (Lipinski definition) is 16. The SMILES string of the molecule is CN=C[C@H]1CC(F)(F)CN1C(=O)CNC(=O)c1ccnc2ccc(OCCCC3CCN(C(=O)CCCCCNC(=O)[C@H](CCCCNC(=O)CCCc4ccc(C)cc4)NC(=O)CN4CCN(CC(=O)O)CCN(CC(=O)O)CCN(CC(=O)O)CC4)CC3)cc12. The Morgan fingerprint density at radius 2 is 1.29 bits per heavy atom. The highest BCUT2D eigenvalue weighted by molar-refractivity contribution is 6.07. The Labute approximate surface area is 537 Å². The zero-order chi connectivity index (χ0) is 66.4. The molecule has 2 atom stereocenters. The summed E-state index contributed by atoms with van der Waals surface area (Å²) in [5, 5.41) is 40.8. The van der Waals surface area contributed by atoms with Gasteiger partial charge < -0.3 is 51.1 Å². The number of pyridine rings is 1. The van der Waals surface area contributed by atoms with E-state index in [0.717, 1.165) is 42.6 Å². The molecule has 3 fully saturated rings. The van der Waals surface area contributed by atoms with Crippen molar-refractivity contribution in [3.05, 3.63) is 71.4 Å². The van der Waals surface area contributed by atoms with Crippen LogP contribution in [0.5, 0.6) is 5.75 Å². The smallest absolute Gasteiger partial charge is 0.317 e. The molecule has 0 radical (unpaired) electrons. The molecule has 2 aromatic carbocycles. The van der Waals surface area contributed by atoms with Crippen molar-refractivity contribution in [3.63, 3.8) is 0 Å². The quantitative estimate of drug-likeness (QED) is 0.0332. The Kier molecular flexibility index (Phi) is 30.5. The summed E-state index contributed by atoms with van der Waals surface area (Å²) in [5.41, 5.74) is 3.13. The van der Waals surface area contributed by atoms with E-state index < -0.39 is 73.1 Å². The standard InChI is InChI=1S/C65H94F2N12O13/c1-47-15-17-48(18-16-47)10-8-13-56(80)70-24-7-5-12-55(73-57(81)42-74-29-31-75(43-60(84)85)33-35-77(45-62(88)89)36-34-76(32-30-74)44-61(86)87)64(91)71-25-6-3-4-14-58(82)78-27-22-49(23-28-78)11-9-37-92-51-19-20-54-53(38-51)52(21-26-69-54)63(90)72-41-59(83)79-46-65(66,67)39-50(79)40-68-2/h15-21,26,38,40,49-50,55H,3-14,22-25,27-37,39,41-46H2,1-2H3,(H,70,80)(H,71,91)(H,72,90)(H,73,81)(H,84,85)(H,86,87)(H,88,89)/t50-,55+/m1/s1. The number of benzene rings is 2. The third-order valence-electron chi connectivity index (χ3n) is 16.9. The monoisotopic (exact) mass is 1290 g/mol. The van der Waals surface area contributed by atoms with Gasteiger partial charge in [-0.1, -0.05) is 36.2 Å². The van der Waals surface area contributed by atoms with Gasteiger partial charge in [-0.3, -0.25) is 72.7 Å². The Morgan fingerprint density at radius 1 is 0.685 bits per heavy atom. The number of nitrogens with one attached hydrogen (secondary N) is 4. The number of carbonyl (C=O) groups is 9. The molecule has 3 aliphatic rings. The number of likely N-dealkylation sites (tertiary alicyclic amines) is 2. The van der Waals surface area contributed by atoms with Crippen LogP contribution in [0.4, 0.5) is 8.78 Å². The fraction of sp³-hybridized carbons (Fsp3) is 0.615. The fourth-order valence-electron chi connectivity index (χ4n) is 11.8. The van der Waals surface area contributed by atoms with E-state index in [0.29, 0.717) is 107 Å². The molecule has 7 N–H and O–H groups in total. The van der Waals surface area contributed by atoms with Crippen LogP contribution in [0.15, 0.2) is 59.7 Å². The molecule has 6 rings (SSSR count). The molecule has 0 aliphatic carbocycles. The molecule has 3 aliphatic heterocycles. The van der Waals surface area contributed by atoms with Crippen LogP contribution in [0, 0.1) is 12.8 Å². The second kappa shape index (κ2) is 38.3. The Morgan fingerprint density at radius 3 is 1.91 bits per heavy atom. The van der Waals surface area contributed by atoms with E-state index in [-0.39, 0.29) is 108 Å².